The molecule has 1 N–H and O–H groups in total. The lowest BCUT2D eigenvalue weighted by Crippen LogP contribution is -2.60. The minimum atomic E-state index is -3.40. The van der Waals surface area contributed by atoms with Crippen molar-refractivity contribution in [2.24, 2.45) is 0 Å². The fraction of sp³-hybridized carbons (Fsp3) is 0.462. The van der Waals surface area contributed by atoms with Crippen LogP contribution in [-0.2, 0) is 14.8 Å². The molecule has 1 aliphatic heterocycles. The number of ether oxygens (including phenoxy) is 1. The Morgan fingerprint density at radius 1 is 1.43 bits per heavy atom. The highest BCUT2D eigenvalue weighted by Crippen LogP contribution is 2.26. The Hall–Kier alpha value is -1.31. The van der Waals surface area contributed by atoms with E-state index in [-0.39, 0.29) is 12.0 Å². The molecule has 116 valence electrons. The number of sulfonamides is 1. The van der Waals surface area contributed by atoms with E-state index in [9.17, 15) is 13.2 Å². The summed E-state index contributed by atoms with van der Waals surface area (Å²) in [5, 5.41) is 0.523. The van der Waals surface area contributed by atoms with Crippen LogP contribution in [0.3, 0.4) is 0 Å². The molecule has 0 aliphatic carbocycles. The van der Waals surface area contributed by atoms with Crippen molar-refractivity contribution in [3.05, 3.63) is 29.3 Å². The summed E-state index contributed by atoms with van der Waals surface area (Å²) in [5.74, 6) is 0.318. The summed E-state index contributed by atoms with van der Waals surface area (Å²) in [4.78, 5) is 13.5. The Balaban J connectivity index is 1.84. The van der Waals surface area contributed by atoms with Crippen LogP contribution in [0.25, 0.3) is 0 Å². The predicted octanol–water partition coefficient (Wildman–Crippen LogP) is 0.867. The zero-order valence-electron chi connectivity index (χ0n) is 11.7. The zero-order chi connectivity index (χ0) is 15.6. The third-order valence-corrected chi connectivity index (χ3v) is 4.15. The number of benzene rings is 1. The van der Waals surface area contributed by atoms with Gasteiger partial charge in [0.15, 0.2) is 0 Å². The summed E-state index contributed by atoms with van der Waals surface area (Å²) in [6, 6.07) is 6.35. The zero-order valence-corrected chi connectivity index (χ0v) is 13.3. The average molecular weight is 333 g/mol. The molecular formula is C13H17ClN2O4S. The van der Waals surface area contributed by atoms with E-state index < -0.39 is 16.1 Å². The Kier molecular flexibility index (Phi) is 4.75. The van der Waals surface area contributed by atoms with Gasteiger partial charge in [-0.2, -0.15) is 0 Å². The number of nitrogens with zero attached hydrogens (tertiary/aromatic N) is 1. The highest BCUT2D eigenvalue weighted by atomic mass is 35.5. The molecule has 21 heavy (non-hydrogen) atoms. The van der Waals surface area contributed by atoms with Gasteiger partial charge in [0.25, 0.3) is 0 Å². The normalized spacial score (nSPS) is 17.2. The Bertz CT molecular complexity index is 629. The highest BCUT2D eigenvalue weighted by Gasteiger charge is 2.35. The van der Waals surface area contributed by atoms with Crippen LogP contribution in [0.4, 0.5) is 0 Å². The summed E-state index contributed by atoms with van der Waals surface area (Å²) >= 11 is 5.99. The standard InChI is InChI=1S/C13H17ClN2O4S/c1-9(15-21(2,18)19)13(17)16-7-10(8-16)20-12-6-4-3-5-11(12)14/h3-6,9-10,15H,7-8H2,1-2H3/t9-/m1/s1. The third-order valence-electron chi connectivity index (χ3n) is 3.05. The molecule has 1 aromatic carbocycles. The molecule has 1 saturated heterocycles. The van der Waals surface area contributed by atoms with Crippen LogP contribution >= 0.6 is 11.6 Å². The fourth-order valence-electron chi connectivity index (χ4n) is 2.06. The number of hydrogen-bond acceptors (Lipinski definition) is 4. The van der Waals surface area contributed by atoms with E-state index in [1.54, 1.807) is 17.0 Å². The number of amides is 1. The van der Waals surface area contributed by atoms with Crippen molar-refractivity contribution in [3.63, 3.8) is 0 Å². The van der Waals surface area contributed by atoms with Gasteiger partial charge >= 0.3 is 0 Å². The SMILES string of the molecule is C[C@@H](NS(C)(=O)=O)C(=O)N1CC(Oc2ccccc2Cl)C1. The molecule has 0 aromatic heterocycles. The Morgan fingerprint density at radius 2 is 2.05 bits per heavy atom. The van der Waals surface area contributed by atoms with Crippen LogP contribution in [0.2, 0.25) is 5.02 Å². The number of nitrogens with one attached hydrogen (secondary N) is 1. The predicted molar refractivity (Wildman–Crippen MR) is 79.9 cm³/mol. The van der Waals surface area contributed by atoms with Gasteiger partial charge in [0.1, 0.15) is 11.9 Å². The van der Waals surface area contributed by atoms with Gasteiger partial charge < -0.3 is 9.64 Å². The second-order valence-corrected chi connectivity index (χ2v) is 7.21. The number of hydrogen-bond donors (Lipinski definition) is 1. The maximum Gasteiger partial charge on any atom is 0.240 e. The fourth-order valence-corrected chi connectivity index (χ4v) is 2.98. The second-order valence-electron chi connectivity index (χ2n) is 5.03. The number of carbonyl (C=O) groups excluding carboxylic acids is 1. The van der Waals surface area contributed by atoms with E-state index in [1.807, 2.05) is 12.1 Å². The minimum absolute atomic E-state index is 0.126. The van der Waals surface area contributed by atoms with Crippen molar-refractivity contribution in [1.82, 2.24) is 9.62 Å². The molecule has 0 unspecified atom stereocenters. The van der Waals surface area contributed by atoms with E-state index in [1.165, 1.54) is 6.92 Å². The molecule has 1 fully saturated rings. The lowest BCUT2D eigenvalue weighted by Gasteiger charge is -2.40. The van der Waals surface area contributed by atoms with Crippen molar-refractivity contribution in [2.45, 2.75) is 19.1 Å². The second kappa shape index (κ2) is 6.21. The molecule has 1 heterocycles. The van der Waals surface area contributed by atoms with Gasteiger partial charge in [0.05, 0.1) is 30.4 Å². The molecule has 6 nitrogen and oxygen atoms in total. The van der Waals surface area contributed by atoms with Crippen molar-refractivity contribution < 1.29 is 17.9 Å². The molecule has 8 heteroatoms. The van der Waals surface area contributed by atoms with E-state index in [0.717, 1.165) is 6.26 Å². The molecule has 1 atom stereocenters. The molecule has 1 amide bonds. The maximum absolute atomic E-state index is 12.0. The van der Waals surface area contributed by atoms with E-state index in [4.69, 9.17) is 16.3 Å². The van der Waals surface area contributed by atoms with Gasteiger partial charge in [-0.1, -0.05) is 23.7 Å². The summed E-state index contributed by atoms with van der Waals surface area (Å²) < 4.78 is 30.1. The summed E-state index contributed by atoms with van der Waals surface area (Å²) in [6.45, 7) is 2.35. The van der Waals surface area contributed by atoms with E-state index in [2.05, 4.69) is 4.72 Å². The molecular weight excluding hydrogens is 316 g/mol. The molecule has 1 aromatic rings. The molecule has 0 bridgehead atoms. The Labute approximate surface area is 129 Å². The molecule has 0 radical (unpaired) electrons. The van der Waals surface area contributed by atoms with Crippen LogP contribution in [0.5, 0.6) is 5.75 Å². The van der Waals surface area contributed by atoms with Gasteiger partial charge in [-0.15, -0.1) is 0 Å². The van der Waals surface area contributed by atoms with Gasteiger partial charge in [0.2, 0.25) is 15.9 Å². The van der Waals surface area contributed by atoms with Gasteiger partial charge in [-0.25, -0.2) is 13.1 Å². The lowest BCUT2D eigenvalue weighted by atomic mass is 10.1. The topological polar surface area (TPSA) is 75.7 Å². The smallest absolute Gasteiger partial charge is 0.240 e. The molecule has 1 aliphatic rings. The van der Waals surface area contributed by atoms with E-state index >= 15 is 0 Å². The molecule has 0 spiro atoms. The van der Waals surface area contributed by atoms with Crippen LogP contribution in [0, 0.1) is 0 Å². The maximum atomic E-state index is 12.0. The van der Waals surface area contributed by atoms with E-state index in [0.29, 0.717) is 23.9 Å². The first-order valence-electron chi connectivity index (χ1n) is 6.43. The number of para-hydroxylation sites is 1. The minimum Gasteiger partial charge on any atom is -0.485 e. The summed E-state index contributed by atoms with van der Waals surface area (Å²) in [6.07, 6.45) is 0.898. The van der Waals surface area contributed by atoms with Gasteiger partial charge in [-0.05, 0) is 19.1 Å². The lowest BCUT2D eigenvalue weighted by molar-refractivity contribution is -0.141. The van der Waals surface area contributed by atoms with Crippen molar-refractivity contribution in [1.29, 1.82) is 0 Å². The van der Waals surface area contributed by atoms with Crippen LogP contribution < -0.4 is 9.46 Å². The average Bonchev–Trinajstić information content (AvgIpc) is 2.32. The molecule has 2 rings (SSSR count). The third kappa shape index (κ3) is 4.33. The first kappa shape index (κ1) is 16.1. The van der Waals surface area contributed by atoms with Crippen LogP contribution in [-0.4, -0.2) is 50.7 Å². The largest absolute Gasteiger partial charge is 0.485 e. The van der Waals surface area contributed by atoms with Crippen LogP contribution in [0.15, 0.2) is 24.3 Å². The van der Waals surface area contributed by atoms with Crippen molar-refractivity contribution >= 4 is 27.5 Å². The first-order valence-corrected chi connectivity index (χ1v) is 8.70. The first-order chi connectivity index (χ1) is 9.76. The quantitative estimate of drug-likeness (QED) is 0.868. The Morgan fingerprint density at radius 3 is 2.62 bits per heavy atom. The highest BCUT2D eigenvalue weighted by molar-refractivity contribution is 7.88. The van der Waals surface area contributed by atoms with Crippen LogP contribution in [0.1, 0.15) is 6.92 Å². The van der Waals surface area contributed by atoms with Gasteiger partial charge in [-0.3, -0.25) is 4.79 Å². The number of rotatable bonds is 5. The molecule has 0 saturated carbocycles. The number of likely N-dealkylation sites (tertiary alicyclic amines) is 1. The number of carbonyl (C=O) groups is 1. The summed E-state index contributed by atoms with van der Waals surface area (Å²) in [5.41, 5.74) is 0. The number of halogens is 1. The monoisotopic (exact) mass is 332 g/mol. The van der Waals surface area contributed by atoms with Crippen molar-refractivity contribution in [2.75, 3.05) is 19.3 Å². The van der Waals surface area contributed by atoms with Crippen molar-refractivity contribution in [3.8, 4) is 5.75 Å². The summed E-state index contributed by atoms with van der Waals surface area (Å²) in [7, 11) is -3.40. The van der Waals surface area contributed by atoms with Gasteiger partial charge in [0, 0.05) is 0 Å².